The topological polar surface area (TPSA) is 35.0 Å². The lowest BCUT2D eigenvalue weighted by Gasteiger charge is -2.03. The van der Waals surface area contributed by atoms with E-state index >= 15 is 0 Å². The maximum atomic E-state index is 5.21. The van der Waals surface area contributed by atoms with Crippen molar-refractivity contribution in [3.63, 3.8) is 0 Å². The molecule has 3 rings (SSSR count). The van der Waals surface area contributed by atoms with Gasteiger partial charge < -0.3 is 4.74 Å². The van der Waals surface area contributed by atoms with Gasteiger partial charge in [-0.3, -0.25) is 4.98 Å². The van der Waals surface area contributed by atoms with Gasteiger partial charge in [-0.2, -0.15) is 0 Å². The number of rotatable bonds is 4. The number of benzene rings is 1. The lowest BCUT2D eigenvalue weighted by molar-refractivity contribution is 0.415. The van der Waals surface area contributed by atoms with Gasteiger partial charge in [0.1, 0.15) is 10.8 Å². The average Bonchev–Trinajstić information content (AvgIpc) is 2.96. The molecule has 4 heteroatoms. The number of aryl methyl sites for hydroxylation is 2. The van der Waals surface area contributed by atoms with E-state index in [1.807, 2.05) is 24.5 Å². The first-order chi connectivity index (χ1) is 10.7. The molecule has 0 aliphatic heterocycles. The molecule has 0 aliphatic carbocycles. The second kappa shape index (κ2) is 6.28. The zero-order valence-corrected chi connectivity index (χ0v) is 13.8. The highest BCUT2D eigenvalue weighted by atomic mass is 32.1. The Bertz CT molecular complexity index is 778. The summed E-state index contributed by atoms with van der Waals surface area (Å²) in [5.74, 6) is 0.859. The zero-order valence-electron chi connectivity index (χ0n) is 13.0. The first kappa shape index (κ1) is 14.7. The van der Waals surface area contributed by atoms with Crippen LogP contribution in [0.25, 0.3) is 21.8 Å². The second-order valence-electron chi connectivity index (χ2n) is 5.04. The van der Waals surface area contributed by atoms with Gasteiger partial charge in [-0.05, 0) is 49.2 Å². The Morgan fingerprint density at radius 1 is 1.14 bits per heavy atom. The number of thiazole rings is 1. The molecule has 0 saturated heterocycles. The first-order valence-corrected chi connectivity index (χ1v) is 8.09. The van der Waals surface area contributed by atoms with Gasteiger partial charge in [-0.1, -0.05) is 6.92 Å². The Balaban J connectivity index is 2.03. The number of hydrogen-bond acceptors (Lipinski definition) is 4. The van der Waals surface area contributed by atoms with Crippen molar-refractivity contribution in [3.05, 3.63) is 53.2 Å². The van der Waals surface area contributed by atoms with Gasteiger partial charge in [-0.15, -0.1) is 11.3 Å². The molecule has 3 nitrogen and oxygen atoms in total. The second-order valence-corrected chi connectivity index (χ2v) is 6.24. The molecule has 1 aromatic carbocycles. The highest BCUT2D eigenvalue weighted by Crippen LogP contribution is 2.35. The molecule has 0 bridgehead atoms. The van der Waals surface area contributed by atoms with Gasteiger partial charge in [0.2, 0.25) is 0 Å². The molecule has 112 valence electrons. The number of pyridine rings is 1. The van der Waals surface area contributed by atoms with Crippen LogP contribution in [0.4, 0.5) is 0 Å². The predicted molar refractivity (Wildman–Crippen MR) is 91.4 cm³/mol. The van der Waals surface area contributed by atoms with Gasteiger partial charge in [0.25, 0.3) is 0 Å². The summed E-state index contributed by atoms with van der Waals surface area (Å²) in [6.45, 7) is 4.27. The molecular formula is C18H18N2OS. The Labute approximate surface area is 134 Å². The number of methoxy groups -OCH3 is 1. The van der Waals surface area contributed by atoms with Crippen LogP contribution in [0.2, 0.25) is 0 Å². The molecule has 0 N–H and O–H groups in total. The summed E-state index contributed by atoms with van der Waals surface area (Å²) in [6, 6.07) is 10.1. The van der Waals surface area contributed by atoms with Crippen molar-refractivity contribution in [3.8, 4) is 27.6 Å². The van der Waals surface area contributed by atoms with E-state index in [4.69, 9.17) is 9.72 Å². The Morgan fingerprint density at radius 2 is 1.91 bits per heavy atom. The van der Waals surface area contributed by atoms with Crippen molar-refractivity contribution in [2.24, 2.45) is 0 Å². The lowest BCUT2D eigenvalue weighted by atomic mass is 10.1. The van der Waals surface area contributed by atoms with Crippen molar-refractivity contribution in [2.75, 3.05) is 7.11 Å². The molecule has 0 saturated carbocycles. The van der Waals surface area contributed by atoms with Gasteiger partial charge in [0, 0.05) is 28.4 Å². The third-order valence-corrected chi connectivity index (χ3v) is 4.69. The van der Waals surface area contributed by atoms with Crippen molar-refractivity contribution in [2.45, 2.75) is 20.3 Å². The highest BCUT2D eigenvalue weighted by Gasteiger charge is 2.13. The van der Waals surface area contributed by atoms with Crippen molar-refractivity contribution in [1.29, 1.82) is 0 Å². The summed E-state index contributed by atoms with van der Waals surface area (Å²) >= 11 is 1.72. The summed E-state index contributed by atoms with van der Waals surface area (Å²) < 4.78 is 5.21. The van der Waals surface area contributed by atoms with E-state index in [-0.39, 0.29) is 0 Å². The Hall–Kier alpha value is -2.20. The fourth-order valence-electron chi connectivity index (χ4n) is 2.45. The van der Waals surface area contributed by atoms with E-state index in [1.54, 1.807) is 18.4 Å². The molecule has 0 aliphatic rings. The van der Waals surface area contributed by atoms with Crippen LogP contribution >= 0.6 is 11.3 Å². The maximum absolute atomic E-state index is 5.21. The molecular weight excluding hydrogens is 292 g/mol. The molecule has 0 amide bonds. The van der Waals surface area contributed by atoms with Crippen LogP contribution in [-0.4, -0.2) is 17.1 Å². The van der Waals surface area contributed by atoms with E-state index in [1.165, 1.54) is 10.4 Å². The third kappa shape index (κ3) is 2.74. The summed E-state index contributed by atoms with van der Waals surface area (Å²) in [6.07, 6.45) is 4.73. The molecule has 0 atom stereocenters. The summed E-state index contributed by atoms with van der Waals surface area (Å²) in [7, 11) is 1.68. The molecule has 0 spiro atoms. The number of nitrogens with zero attached hydrogens (tertiary/aromatic N) is 2. The van der Waals surface area contributed by atoms with Gasteiger partial charge in [0.05, 0.1) is 12.8 Å². The van der Waals surface area contributed by atoms with E-state index < -0.39 is 0 Å². The molecule has 0 radical (unpaired) electrons. The fraction of sp³-hybridized carbons (Fsp3) is 0.222. The summed E-state index contributed by atoms with van der Waals surface area (Å²) in [5, 5.41) is 1.04. The van der Waals surface area contributed by atoms with E-state index in [0.717, 1.165) is 34.0 Å². The molecule has 2 heterocycles. The number of hydrogen-bond donors (Lipinski definition) is 0. The largest absolute Gasteiger partial charge is 0.497 e. The fourth-order valence-corrected chi connectivity index (χ4v) is 3.43. The Kier molecular flexibility index (Phi) is 4.20. The first-order valence-electron chi connectivity index (χ1n) is 7.28. The third-order valence-electron chi connectivity index (χ3n) is 3.68. The molecule has 0 unspecified atom stereocenters. The van der Waals surface area contributed by atoms with Gasteiger partial charge >= 0.3 is 0 Å². The SMILES string of the molecule is CCc1ccncc1-c1nc(-c2ccc(OC)cc2)c(C)s1. The van der Waals surface area contributed by atoms with Crippen LogP contribution < -0.4 is 4.74 Å². The molecule has 0 fully saturated rings. The van der Waals surface area contributed by atoms with Crippen LogP contribution in [0.1, 0.15) is 17.4 Å². The van der Waals surface area contributed by atoms with E-state index in [0.29, 0.717) is 0 Å². The van der Waals surface area contributed by atoms with E-state index in [2.05, 4.69) is 37.0 Å². The standard InChI is InChI=1S/C18H18N2OS/c1-4-13-9-10-19-11-16(13)18-20-17(12(2)22-18)14-5-7-15(21-3)8-6-14/h5-11H,4H2,1-3H3. The summed E-state index contributed by atoms with van der Waals surface area (Å²) in [4.78, 5) is 10.3. The lowest BCUT2D eigenvalue weighted by Crippen LogP contribution is -1.88. The van der Waals surface area contributed by atoms with Crippen LogP contribution in [0, 0.1) is 6.92 Å². The minimum atomic E-state index is 0.859. The monoisotopic (exact) mass is 310 g/mol. The van der Waals surface area contributed by atoms with Crippen LogP contribution in [0.15, 0.2) is 42.7 Å². The maximum Gasteiger partial charge on any atom is 0.126 e. The van der Waals surface area contributed by atoms with E-state index in [9.17, 15) is 0 Å². The Morgan fingerprint density at radius 3 is 2.59 bits per heavy atom. The number of aromatic nitrogens is 2. The van der Waals surface area contributed by atoms with Crippen molar-refractivity contribution >= 4 is 11.3 Å². The zero-order chi connectivity index (χ0) is 15.5. The minimum absolute atomic E-state index is 0.859. The smallest absolute Gasteiger partial charge is 0.126 e. The van der Waals surface area contributed by atoms with Gasteiger partial charge in [0.15, 0.2) is 0 Å². The van der Waals surface area contributed by atoms with Crippen molar-refractivity contribution in [1.82, 2.24) is 9.97 Å². The minimum Gasteiger partial charge on any atom is -0.497 e. The number of ether oxygens (including phenoxy) is 1. The highest BCUT2D eigenvalue weighted by molar-refractivity contribution is 7.15. The van der Waals surface area contributed by atoms with Crippen LogP contribution in [-0.2, 0) is 6.42 Å². The predicted octanol–water partition coefficient (Wildman–Crippen LogP) is 4.75. The normalized spacial score (nSPS) is 10.7. The van der Waals surface area contributed by atoms with Crippen molar-refractivity contribution < 1.29 is 4.74 Å². The molecule has 2 aromatic heterocycles. The summed E-state index contributed by atoms with van der Waals surface area (Å²) in [5.41, 5.74) is 4.57. The quantitative estimate of drug-likeness (QED) is 0.697. The average molecular weight is 310 g/mol. The molecule has 22 heavy (non-hydrogen) atoms. The van der Waals surface area contributed by atoms with Crippen LogP contribution in [0.3, 0.4) is 0 Å². The van der Waals surface area contributed by atoms with Gasteiger partial charge in [-0.25, -0.2) is 4.98 Å². The molecule has 3 aromatic rings. The van der Waals surface area contributed by atoms with Crippen LogP contribution in [0.5, 0.6) is 5.75 Å².